The first kappa shape index (κ1) is 23.5. The number of aryl methyl sites for hydroxylation is 1. The molecule has 0 radical (unpaired) electrons. The van der Waals surface area contributed by atoms with Crippen LogP contribution in [0.5, 0.6) is 11.5 Å². The summed E-state index contributed by atoms with van der Waals surface area (Å²) in [5.41, 5.74) is 3.15. The molecule has 7 nitrogen and oxygen atoms in total. The lowest BCUT2D eigenvalue weighted by molar-refractivity contribution is -0.145. The minimum absolute atomic E-state index is 0.0780. The molecular formula is C24H29FN2O5. The molecule has 1 N–H and O–H groups in total. The van der Waals surface area contributed by atoms with E-state index < -0.39 is 0 Å². The number of amides is 1. The molecule has 0 saturated carbocycles. The van der Waals surface area contributed by atoms with Crippen molar-refractivity contribution in [1.29, 1.82) is 0 Å². The van der Waals surface area contributed by atoms with E-state index in [2.05, 4.69) is 5.32 Å². The van der Waals surface area contributed by atoms with Gasteiger partial charge in [-0.3, -0.25) is 14.5 Å². The standard InChI is InChI=1S/C24H29FN2O5/c1-5-32-24(29)13-20-18-12-22(31-4)21(30-3)11-16(18)8-9-27(20)14-23(28)26-19-7-6-17(25)10-15(19)2/h6-7,10-12,20H,5,8-9,13-14H2,1-4H3,(H,26,28)/t20-/m0/s1. The Hall–Kier alpha value is -3.13. The number of fused-ring (bicyclic) bond motifs is 1. The zero-order valence-corrected chi connectivity index (χ0v) is 18.9. The number of benzene rings is 2. The maximum Gasteiger partial charge on any atom is 0.307 e. The van der Waals surface area contributed by atoms with E-state index in [9.17, 15) is 14.0 Å². The summed E-state index contributed by atoms with van der Waals surface area (Å²) in [6, 6.07) is 7.66. The summed E-state index contributed by atoms with van der Waals surface area (Å²) in [6.07, 6.45) is 0.803. The van der Waals surface area contributed by atoms with Gasteiger partial charge in [-0.25, -0.2) is 4.39 Å². The highest BCUT2D eigenvalue weighted by molar-refractivity contribution is 5.93. The molecule has 0 fully saturated rings. The summed E-state index contributed by atoms with van der Waals surface area (Å²) >= 11 is 0. The van der Waals surface area contributed by atoms with Gasteiger partial charge in [-0.2, -0.15) is 0 Å². The van der Waals surface area contributed by atoms with Crippen molar-refractivity contribution in [1.82, 2.24) is 4.90 Å². The van der Waals surface area contributed by atoms with Crippen LogP contribution >= 0.6 is 0 Å². The van der Waals surface area contributed by atoms with Crippen molar-refractivity contribution >= 4 is 17.6 Å². The second-order valence-electron chi connectivity index (χ2n) is 7.66. The normalized spacial score (nSPS) is 15.6. The van der Waals surface area contributed by atoms with E-state index >= 15 is 0 Å². The van der Waals surface area contributed by atoms with Crippen LogP contribution in [0.1, 0.15) is 36.1 Å². The average molecular weight is 445 g/mol. The lowest BCUT2D eigenvalue weighted by Crippen LogP contribution is -2.41. The van der Waals surface area contributed by atoms with E-state index in [1.54, 1.807) is 34.1 Å². The van der Waals surface area contributed by atoms with Crippen molar-refractivity contribution in [3.05, 3.63) is 52.8 Å². The number of nitrogens with zero attached hydrogens (tertiary/aromatic N) is 1. The monoisotopic (exact) mass is 444 g/mol. The van der Waals surface area contributed by atoms with E-state index in [1.165, 1.54) is 12.1 Å². The van der Waals surface area contributed by atoms with Gasteiger partial charge >= 0.3 is 5.97 Å². The molecule has 1 heterocycles. The molecule has 1 amide bonds. The maximum absolute atomic E-state index is 13.4. The molecular weight excluding hydrogens is 415 g/mol. The largest absolute Gasteiger partial charge is 0.493 e. The zero-order chi connectivity index (χ0) is 23.3. The summed E-state index contributed by atoms with van der Waals surface area (Å²) in [7, 11) is 3.14. The number of hydrogen-bond acceptors (Lipinski definition) is 6. The van der Waals surface area contributed by atoms with Gasteiger partial charge in [0.2, 0.25) is 5.91 Å². The van der Waals surface area contributed by atoms with Crippen LogP contribution in [0.15, 0.2) is 30.3 Å². The topological polar surface area (TPSA) is 77.1 Å². The van der Waals surface area contributed by atoms with Gasteiger partial charge < -0.3 is 19.5 Å². The van der Waals surface area contributed by atoms with Crippen LogP contribution < -0.4 is 14.8 Å². The highest BCUT2D eigenvalue weighted by Gasteiger charge is 2.32. The molecule has 2 aromatic rings. The Morgan fingerprint density at radius 1 is 1.16 bits per heavy atom. The van der Waals surface area contributed by atoms with E-state index in [4.69, 9.17) is 14.2 Å². The quantitative estimate of drug-likeness (QED) is 0.627. The van der Waals surface area contributed by atoms with Gasteiger partial charge in [0.1, 0.15) is 5.82 Å². The van der Waals surface area contributed by atoms with Crippen molar-refractivity contribution in [2.45, 2.75) is 32.7 Å². The Morgan fingerprint density at radius 3 is 2.53 bits per heavy atom. The molecule has 0 spiro atoms. The molecule has 0 aromatic heterocycles. The Labute approximate surface area is 187 Å². The molecule has 0 unspecified atom stereocenters. The first-order valence-corrected chi connectivity index (χ1v) is 10.6. The molecule has 172 valence electrons. The SMILES string of the molecule is CCOC(=O)C[C@H]1c2cc(OC)c(OC)cc2CCN1CC(=O)Nc1ccc(F)cc1C. The van der Waals surface area contributed by atoms with Crippen LogP contribution in [0.3, 0.4) is 0 Å². The number of carbonyl (C=O) groups excluding carboxylic acids is 2. The third-order valence-corrected chi connectivity index (χ3v) is 5.59. The minimum Gasteiger partial charge on any atom is -0.493 e. The van der Waals surface area contributed by atoms with Crippen LogP contribution in [0.25, 0.3) is 0 Å². The van der Waals surface area contributed by atoms with Crippen molar-refractivity contribution in [3.8, 4) is 11.5 Å². The van der Waals surface area contributed by atoms with E-state index in [0.717, 1.165) is 11.1 Å². The van der Waals surface area contributed by atoms with Gasteiger partial charge in [-0.1, -0.05) is 0 Å². The van der Waals surface area contributed by atoms with Crippen molar-refractivity contribution in [3.63, 3.8) is 0 Å². The average Bonchev–Trinajstić information content (AvgIpc) is 2.76. The van der Waals surface area contributed by atoms with Crippen LogP contribution in [-0.2, 0) is 20.7 Å². The van der Waals surface area contributed by atoms with Crippen LogP contribution in [-0.4, -0.2) is 50.7 Å². The lowest BCUT2D eigenvalue weighted by atomic mass is 9.90. The number of nitrogens with one attached hydrogen (secondary N) is 1. The van der Waals surface area contributed by atoms with Gasteiger partial charge in [0, 0.05) is 18.3 Å². The number of ether oxygens (including phenoxy) is 3. The zero-order valence-electron chi connectivity index (χ0n) is 18.9. The van der Waals surface area contributed by atoms with Crippen LogP contribution in [0, 0.1) is 12.7 Å². The van der Waals surface area contributed by atoms with Gasteiger partial charge in [-0.15, -0.1) is 0 Å². The van der Waals surface area contributed by atoms with Crippen LogP contribution in [0.2, 0.25) is 0 Å². The summed E-state index contributed by atoms with van der Waals surface area (Å²) in [5, 5.41) is 2.84. The van der Waals surface area contributed by atoms with Crippen molar-refractivity contribution in [2.24, 2.45) is 0 Å². The third kappa shape index (κ3) is 5.37. The fraction of sp³-hybridized carbons (Fsp3) is 0.417. The van der Waals surface area contributed by atoms with Crippen molar-refractivity contribution in [2.75, 3.05) is 39.2 Å². The number of carbonyl (C=O) groups is 2. The number of hydrogen-bond donors (Lipinski definition) is 1. The van der Waals surface area contributed by atoms with Crippen LogP contribution in [0.4, 0.5) is 10.1 Å². The molecule has 0 bridgehead atoms. The Morgan fingerprint density at radius 2 is 1.88 bits per heavy atom. The molecule has 1 aliphatic rings. The Kier molecular flexibility index (Phi) is 7.69. The number of rotatable bonds is 8. The fourth-order valence-electron chi connectivity index (χ4n) is 4.03. The highest BCUT2D eigenvalue weighted by Crippen LogP contribution is 2.39. The maximum atomic E-state index is 13.4. The lowest BCUT2D eigenvalue weighted by Gasteiger charge is -2.37. The molecule has 8 heteroatoms. The summed E-state index contributed by atoms with van der Waals surface area (Å²) < 4.78 is 29.4. The molecule has 0 saturated heterocycles. The summed E-state index contributed by atoms with van der Waals surface area (Å²) in [5.74, 6) is 0.261. The molecule has 1 aliphatic heterocycles. The molecule has 2 aromatic carbocycles. The second kappa shape index (κ2) is 10.5. The first-order valence-electron chi connectivity index (χ1n) is 10.6. The molecule has 3 rings (SSSR count). The van der Waals surface area contributed by atoms with E-state index in [-0.39, 0.29) is 43.3 Å². The smallest absolute Gasteiger partial charge is 0.307 e. The summed E-state index contributed by atoms with van der Waals surface area (Å²) in [6.45, 7) is 4.45. The fourth-order valence-corrected chi connectivity index (χ4v) is 4.03. The van der Waals surface area contributed by atoms with Crippen molar-refractivity contribution < 1.29 is 28.2 Å². The van der Waals surface area contributed by atoms with E-state index in [1.807, 2.05) is 17.0 Å². The van der Waals surface area contributed by atoms with E-state index in [0.29, 0.717) is 35.7 Å². The molecule has 0 aliphatic carbocycles. The predicted octanol–water partition coefficient (Wildman–Crippen LogP) is 3.64. The third-order valence-electron chi connectivity index (χ3n) is 5.59. The Balaban J connectivity index is 1.85. The number of anilines is 1. The first-order chi connectivity index (χ1) is 15.4. The molecule has 1 atom stereocenters. The molecule has 32 heavy (non-hydrogen) atoms. The van der Waals surface area contributed by atoms with Gasteiger partial charge in [0.25, 0.3) is 0 Å². The minimum atomic E-state index is -0.355. The highest BCUT2D eigenvalue weighted by atomic mass is 19.1. The number of methoxy groups -OCH3 is 2. The number of esters is 1. The Bertz CT molecular complexity index is 995. The van der Waals surface area contributed by atoms with Gasteiger partial charge in [0.15, 0.2) is 11.5 Å². The predicted molar refractivity (Wildman–Crippen MR) is 119 cm³/mol. The van der Waals surface area contributed by atoms with Gasteiger partial charge in [0.05, 0.1) is 33.8 Å². The van der Waals surface area contributed by atoms with Gasteiger partial charge in [-0.05, 0) is 67.3 Å². The summed E-state index contributed by atoms with van der Waals surface area (Å²) in [4.78, 5) is 27.1. The number of halogens is 1. The second-order valence-corrected chi connectivity index (χ2v) is 7.66.